The smallest absolute Gasteiger partial charge is 0.408 e. The van der Waals surface area contributed by atoms with Gasteiger partial charge in [-0.05, 0) is 88.1 Å². The van der Waals surface area contributed by atoms with Crippen molar-refractivity contribution in [2.75, 3.05) is 11.0 Å². The van der Waals surface area contributed by atoms with Gasteiger partial charge in [0.2, 0.25) is 21.8 Å². The van der Waals surface area contributed by atoms with E-state index >= 15 is 0 Å². The number of ether oxygens (including phenoxy) is 2. The Bertz CT molecular complexity index is 1530. The van der Waals surface area contributed by atoms with Gasteiger partial charge in [-0.1, -0.05) is 44.2 Å². The normalized spacial score (nSPS) is 15.4. The highest BCUT2D eigenvalue weighted by Gasteiger charge is 2.37. The zero-order valence-corrected chi connectivity index (χ0v) is 27.1. The fraction of sp³-hybridized carbons (Fsp3) is 0.531. The fourth-order valence-corrected chi connectivity index (χ4v) is 5.85. The molecule has 2 N–H and O–H groups in total. The minimum absolute atomic E-state index is 0.204. The number of rotatable bonds is 12. The molecule has 1 fully saturated rings. The molecule has 1 aliphatic rings. The summed E-state index contributed by atoms with van der Waals surface area (Å²) in [4.78, 5) is 13.0. The van der Waals surface area contributed by atoms with Crippen LogP contribution in [0.4, 0.5) is 10.5 Å². The summed E-state index contributed by atoms with van der Waals surface area (Å²) in [6.45, 7) is 11.6. The summed E-state index contributed by atoms with van der Waals surface area (Å²) < 4.78 is 45.6. The van der Waals surface area contributed by atoms with E-state index in [4.69, 9.17) is 13.9 Å². The summed E-state index contributed by atoms with van der Waals surface area (Å²) in [5, 5.41) is 11.9. The van der Waals surface area contributed by atoms with Gasteiger partial charge in [-0.25, -0.2) is 13.2 Å². The summed E-state index contributed by atoms with van der Waals surface area (Å²) >= 11 is 0. The molecule has 0 aliphatic heterocycles. The Morgan fingerprint density at radius 3 is 2.28 bits per heavy atom. The first-order valence-corrected chi connectivity index (χ1v) is 16.8. The number of alkyl carbamates (subject to hydrolysis) is 1. The predicted molar refractivity (Wildman–Crippen MR) is 166 cm³/mol. The monoisotopic (exact) mass is 612 g/mol. The molecule has 1 aliphatic carbocycles. The Morgan fingerprint density at radius 1 is 1.05 bits per heavy atom. The first-order valence-electron chi connectivity index (χ1n) is 14.9. The number of hydrogen-bond donors (Lipinski definition) is 2. The molecule has 1 saturated carbocycles. The average Bonchev–Trinajstić information content (AvgIpc) is 3.37. The standard InChI is InChI=1S/C32H44N4O6S/c1-8-24-22(20-40-23-16-13-17-23)18-26(36-43(7,38)39)25(9-2)27(24)28-34-35-29(41-28)32(6,19-21-14-11-10-12-15-21)33-30(37)42-31(3,4)5/h10-12,14-15,18,23,36H,8-9,13,16-17,19-20H2,1-7H3,(H,33,37). The van der Waals surface area contributed by atoms with Crippen LogP contribution in [0, 0.1) is 0 Å². The molecule has 1 amide bonds. The maximum atomic E-state index is 13.0. The van der Waals surface area contributed by atoms with Crippen LogP contribution in [0.15, 0.2) is 40.8 Å². The van der Waals surface area contributed by atoms with Crippen molar-refractivity contribution in [1.29, 1.82) is 0 Å². The molecule has 0 saturated heterocycles. The molecule has 11 heteroatoms. The lowest BCUT2D eigenvalue weighted by Crippen LogP contribution is -2.47. The van der Waals surface area contributed by atoms with E-state index in [1.54, 1.807) is 20.8 Å². The molecule has 1 aromatic heterocycles. The molecule has 234 valence electrons. The number of aromatic nitrogens is 2. The average molecular weight is 613 g/mol. The minimum atomic E-state index is -3.57. The maximum Gasteiger partial charge on any atom is 0.408 e. The van der Waals surface area contributed by atoms with Gasteiger partial charge in [-0.3, -0.25) is 4.72 Å². The Hall–Kier alpha value is -3.44. The third kappa shape index (κ3) is 8.35. The number of anilines is 1. The lowest BCUT2D eigenvalue weighted by Gasteiger charge is -2.29. The second-order valence-corrected chi connectivity index (χ2v) is 14.1. The summed E-state index contributed by atoms with van der Waals surface area (Å²) in [5.74, 6) is 0.450. The molecule has 2 aromatic carbocycles. The second kappa shape index (κ2) is 13.1. The van der Waals surface area contributed by atoms with Crippen molar-refractivity contribution in [1.82, 2.24) is 15.5 Å². The lowest BCUT2D eigenvalue weighted by atomic mass is 9.91. The Morgan fingerprint density at radius 2 is 1.72 bits per heavy atom. The van der Waals surface area contributed by atoms with Crippen LogP contribution in [0.2, 0.25) is 0 Å². The molecule has 1 unspecified atom stereocenters. The van der Waals surface area contributed by atoms with Crippen LogP contribution >= 0.6 is 0 Å². The minimum Gasteiger partial charge on any atom is -0.444 e. The van der Waals surface area contributed by atoms with E-state index in [9.17, 15) is 13.2 Å². The molecule has 3 aromatic rings. The lowest BCUT2D eigenvalue weighted by molar-refractivity contribution is -0.00890. The largest absolute Gasteiger partial charge is 0.444 e. The van der Waals surface area contributed by atoms with E-state index in [1.165, 1.54) is 0 Å². The van der Waals surface area contributed by atoms with Gasteiger partial charge in [-0.2, -0.15) is 0 Å². The highest BCUT2D eigenvalue weighted by molar-refractivity contribution is 7.92. The number of nitrogens with one attached hydrogen (secondary N) is 2. The van der Waals surface area contributed by atoms with Gasteiger partial charge in [0, 0.05) is 12.0 Å². The van der Waals surface area contributed by atoms with Crippen LogP contribution < -0.4 is 10.0 Å². The van der Waals surface area contributed by atoms with Crippen LogP contribution in [-0.2, 0) is 50.9 Å². The zero-order chi connectivity index (χ0) is 31.4. The number of hydrogen-bond acceptors (Lipinski definition) is 8. The van der Waals surface area contributed by atoms with E-state index in [2.05, 4.69) is 20.2 Å². The maximum absolute atomic E-state index is 13.0. The van der Waals surface area contributed by atoms with Crippen LogP contribution in [0.3, 0.4) is 0 Å². The number of carbonyl (C=O) groups is 1. The van der Waals surface area contributed by atoms with E-state index in [0.717, 1.165) is 47.8 Å². The Balaban J connectivity index is 1.82. The molecule has 1 heterocycles. The quantitative estimate of drug-likeness (QED) is 0.244. The van der Waals surface area contributed by atoms with Crippen molar-refractivity contribution < 1.29 is 27.1 Å². The van der Waals surface area contributed by atoms with Gasteiger partial charge in [0.1, 0.15) is 11.1 Å². The number of benzene rings is 2. The number of sulfonamides is 1. The third-order valence-electron chi connectivity index (χ3n) is 7.45. The fourth-order valence-electron chi connectivity index (χ4n) is 5.27. The van der Waals surface area contributed by atoms with Gasteiger partial charge >= 0.3 is 6.09 Å². The molecule has 0 bridgehead atoms. The molecular formula is C32H44N4O6S. The number of carbonyl (C=O) groups excluding carboxylic acids is 1. The molecule has 10 nitrogen and oxygen atoms in total. The van der Waals surface area contributed by atoms with E-state index < -0.39 is 27.3 Å². The topological polar surface area (TPSA) is 133 Å². The molecule has 0 radical (unpaired) electrons. The predicted octanol–water partition coefficient (Wildman–Crippen LogP) is 6.28. The third-order valence-corrected chi connectivity index (χ3v) is 8.04. The Labute approximate surface area is 255 Å². The van der Waals surface area contributed by atoms with E-state index in [1.807, 2.05) is 57.2 Å². The van der Waals surface area contributed by atoms with Crippen molar-refractivity contribution in [3.8, 4) is 11.5 Å². The van der Waals surface area contributed by atoms with Crippen LogP contribution in [0.1, 0.15) is 88.9 Å². The zero-order valence-electron chi connectivity index (χ0n) is 26.2. The molecule has 43 heavy (non-hydrogen) atoms. The summed E-state index contributed by atoms with van der Waals surface area (Å²) in [7, 11) is -3.57. The van der Waals surface area contributed by atoms with Gasteiger partial charge in [0.25, 0.3) is 0 Å². The summed E-state index contributed by atoms with van der Waals surface area (Å²) in [6.07, 6.45) is 5.44. The van der Waals surface area contributed by atoms with Gasteiger partial charge in [0.15, 0.2) is 0 Å². The van der Waals surface area contributed by atoms with Crippen molar-refractivity contribution >= 4 is 21.8 Å². The van der Waals surface area contributed by atoms with Gasteiger partial charge < -0.3 is 19.2 Å². The highest BCUT2D eigenvalue weighted by atomic mass is 32.2. The van der Waals surface area contributed by atoms with Crippen molar-refractivity contribution in [2.24, 2.45) is 0 Å². The van der Waals surface area contributed by atoms with Crippen molar-refractivity contribution in [2.45, 2.75) is 104 Å². The van der Waals surface area contributed by atoms with Crippen LogP contribution in [0.25, 0.3) is 11.5 Å². The first-order chi connectivity index (χ1) is 20.2. The molecule has 4 rings (SSSR count). The molecule has 0 spiro atoms. The molecular weight excluding hydrogens is 568 g/mol. The Kier molecular flexibility index (Phi) is 9.86. The van der Waals surface area contributed by atoms with Crippen molar-refractivity contribution in [3.63, 3.8) is 0 Å². The van der Waals surface area contributed by atoms with Gasteiger partial charge in [0.05, 0.1) is 24.7 Å². The second-order valence-electron chi connectivity index (χ2n) is 12.4. The van der Waals surface area contributed by atoms with Crippen LogP contribution in [-0.4, -0.2) is 42.7 Å². The van der Waals surface area contributed by atoms with Crippen molar-refractivity contribution in [3.05, 3.63) is 64.5 Å². The number of amides is 1. The summed E-state index contributed by atoms with van der Waals surface area (Å²) in [5.41, 5.74) is 2.86. The van der Waals surface area contributed by atoms with Crippen LogP contribution in [0.5, 0.6) is 0 Å². The molecule has 1 atom stereocenters. The number of nitrogens with zero attached hydrogens (tertiary/aromatic N) is 2. The summed E-state index contributed by atoms with van der Waals surface area (Å²) in [6, 6.07) is 11.6. The highest BCUT2D eigenvalue weighted by Crippen LogP contribution is 2.38. The SMILES string of the molecule is CCc1c(COC2CCC2)cc(NS(C)(=O)=O)c(CC)c1-c1nnc(C(C)(Cc2ccccc2)NC(=O)OC(C)(C)C)o1. The van der Waals surface area contributed by atoms with E-state index in [-0.39, 0.29) is 17.9 Å². The van der Waals surface area contributed by atoms with Gasteiger partial charge in [-0.15, -0.1) is 10.2 Å². The first kappa shape index (κ1) is 32.5. The van der Waals surface area contributed by atoms with E-state index in [0.29, 0.717) is 37.1 Å².